The lowest BCUT2D eigenvalue weighted by atomic mass is 9.97. The van der Waals surface area contributed by atoms with Gasteiger partial charge in [0.1, 0.15) is 48.8 Å². The van der Waals surface area contributed by atoms with E-state index in [2.05, 4.69) is 67.8 Å². The lowest BCUT2D eigenvalue weighted by Gasteiger charge is -2.46. The van der Waals surface area contributed by atoms with E-state index in [-0.39, 0.29) is 18.9 Å². The van der Waals surface area contributed by atoms with Gasteiger partial charge in [-0.3, -0.25) is 4.79 Å². The molecule has 14 nitrogen and oxygen atoms in total. The summed E-state index contributed by atoms with van der Waals surface area (Å²) in [7, 11) is 0. The Morgan fingerprint density at radius 2 is 0.859 bits per heavy atom. The van der Waals surface area contributed by atoms with Crippen LogP contribution in [-0.2, 0) is 23.7 Å². The SMILES string of the molecule is CCCCC/C=C/CC/C=C/C(O)C(COC1OC(CO)C(OC2OC(CO)C(O)C(O)C2O)C(O)C1O)NC(=O)CCCCCCCCCCCCCCCCCCCCCC/C=C\C/C=C\C/C=C\CCCCCCC. The zero-order valence-corrected chi connectivity index (χ0v) is 48.9. The molecule has 2 rings (SSSR count). The molecule has 0 aliphatic carbocycles. The zero-order valence-electron chi connectivity index (χ0n) is 48.9. The molecule has 2 aliphatic heterocycles. The first-order valence-corrected chi connectivity index (χ1v) is 31.5. The number of rotatable bonds is 50. The first-order chi connectivity index (χ1) is 38.1. The second-order valence-electron chi connectivity index (χ2n) is 22.2. The molecule has 2 saturated heterocycles. The molecule has 0 aromatic carbocycles. The van der Waals surface area contributed by atoms with Crippen LogP contribution < -0.4 is 5.32 Å². The maximum atomic E-state index is 13.2. The van der Waals surface area contributed by atoms with Crippen LogP contribution in [0.15, 0.2) is 60.8 Å². The molecule has 0 aromatic heterocycles. The summed E-state index contributed by atoms with van der Waals surface area (Å²) in [5.41, 5.74) is 0. The fourth-order valence-corrected chi connectivity index (χ4v) is 10.1. The molecular weight excluding hydrogens is 991 g/mol. The monoisotopic (exact) mass is 1110 g/mol. The molecule has 454 valence electrons. The van der Waals surface area contributed by atoms with Gasteiger partial charge >= 0.3 is 0 Å². The summed E-state index contributed by atoms with van der Waals surface area (Å²) in [6.07, 6.45) is 47.5. The Kier molecular flexibility index (Phi) is 45.4. The molecule has 2 heterocycles. The average Bonchev–Trinajstić information content (AvgIpc) is 3.47. The summed E-state index contributed by atoms with van der Waals surface area (Å²) < 4.78 is 22.7. The predicted octanol–water partition coefficient (Wildman–Crippen LogP) is 11.3. The lowest BCUT2D eigenvalue weighted by molar-refractivity contribution is -0.359. The molecule has 0 radical (unpaired) electrons. The standard InChI is InChI=1S/C64H115NO13/c1-3-5-7-9-11-13-14-15-16-17-18-19-20-21-22-23-24-25-26-27-28-29-30-31-32-33-34-35-36-37-38-40-42-44-46-48-56(69)65-52(53(68)47-45-43-41-39-12-10-8-6-4-2)51-75-63-61(74)59(72)62(55(50-67)77-63)78-64-60(73)58(71)57(70)54(49-66)76-64/h12,14-15,17-18,20-21,39,45,47,52-55,57-64,66-68,70-74H,3-11,13,16,19,22-38,40-44,46,48-51H2,1-2H3,(H,65,69)/b15-14-,18-17-,21-20-,39-12+,47-45+. The molecule has 0 spiro atoms. The third-order valence-electron chi connectivity index (χ3n) is 15.2. The van der Waals surface area contributed by atoms with Crippen LogP contribution in [0.4, 0.5) is 0 Å². The number of ether oxygens (including phenoxy) is 4. The molecule has 0 saturated carbocycles. The first kappa shape index (κ1) is 71.8. The van der Waals surface area contributed by atoms with Crippen LogP contribution in [0.25, 0.3) is 0 Å². The minimum absolute atomic E-state index is 0.251. The van der Waals surface area contributed by atoms with Gasteiger partial charge in [-0.2, -0.15) is 0 Å². The highest BCUT2D eigenvalue weighted by Crippen LogP contribution is 2.30. The van der Waals surface area contributed by atoms with E-state index in [4.69, 9.17) is 18.9 Å². The van der Waals surface area contributed by atoms with Crippen LogP contribution >= 0.6 is 0 Å². The number of amides is 1. The molecule has 2 aliphatic rings. The molecule has 12 atom stereocenters. The number of aliphatic hydroxyl groups excluding tert-OH is 8. The second-order valence-corrected chi connectivity index (χ2v) is 22.2. The number of nitrogens with one attached hydrogen (secondary N) is 1. The molecule has 12 unspecified atom stereocenters. The van der Waals surface area contributed by atoms with Crippen molar-refractivity contribution in [3.63, 3.8) is 0 Å². The van der Waals surface area contributed by atoms with Crippen molar-refractivity contribution in [2.45, 2.75) is 319 Å². The van der Waals surface area contributed by atoms with Crippen molar-refractivity contribution in [3.05, 3.63) is 60.8 Å². The van der Waals surface area contributed by atoms with E-state index in [1.165, 1.54) is 161 Å². The maximum absolute atomic E-state index is 13.2. The summed E-state index contributed by atoms with van der Waals surface area (Å²) in [5, 5.41) is 86.8. The zero-order chi connectivity index (χ0) is 56.7. The van der Waals surface area contributed by atoms with E-state index in [0.29, 0.717) is 12.8 Å². The fraction of sp³-hybridized carbons (Fsp3) is 0.828. The summed E-state index contributed by atoms with van der Waals surface area (Å²) >= 11 is 0. The van der Waals surface area contributed by atoms with E-state index in [0.717, 1.165) is 51.4 Å². The highest BCUT2D eigenvalue weighted by Gasteiger charge is 2.51. The smallest absolute Gasteiger partial charge is 0.220 e. The second kappa shape index (κ2) is 49.3. The Bertz CT molecular complexity index is 1540. The number of carbonyl (C=O) groups excluding carboxylic acids is 1. The van der Waals surface area contributed by atoms with Gasteiger partial charge in [0.2, 0.25) is 5.91 Å². The molecular formula is C64H115NO13. The first-order valence-electron chi connectivity index (χ1n) is 31.5. The van der Waals surface area contributed by atoms with Gasteiger partial charge < -0.3 is 65.1 Å². The Morgan fingerprint density at radius 1 is 0.462 bits per heavy atom. The summed E-state index contributed by atoms with van der Waals surface area (Å²) in [5.74, 6) is -0.251. The molecule has 78 heavy (non-hydrogen) atoms. The molecule has 9 N–H and O–H groups in total. The minimum atomic E-state index is -1.79. The van der Waals surface area contributed by atoms with Gasteiger partial charge in [0.15, 0.2) is 12.6 Å². The van der Waals surface area contributed by atoms with Gasteiger partial charge in [-0.25, -0.2) is 0 Å². The topological polar surface area (TPSA) is 228 Å². The Balaban J connectivity index is 1.57. The minimum Gasteiger partial charge on any atom is -0.394 e. The molecule has 0 aromatic rings. The number of carbonyl (C=O) groups is 1. The van der Waals surface area contributed by atoms with E-state index in [1.54, 1.807) is 6.08 Å². The lowest BCUT2D eigenvalue weighted by Crippen LogP contribution is -2.65. The van der Waals surface area contributed by atoms with Crippen LogP contribution in [0, 0.1) is 0 Å². The number of hydrogen-bond donors (Lipinski definition) is 9. The summed E-state index contributed by atoms with van der Waals surface area (Å²) in [6.45, 7) is 2.71. The quantitative estimate of drug-likeness (QED) is 0.0204. The molecule has 14 heteroatoms. The maximum Gasteiger partial charge on any atom is 0.220 e. The van der Waals surface area contributed by atoms with E-state index in [1.807, 2.05) is 6.08 Å². The van der Waals surface area contributed by atoms with Crippen LogP contribution in [0.2, 0.25) is 0 Å². The van der Waals surface area contributed by atoms with Crippen molar-refractivity contribution < 1.29 is 64.6 Å². The van der Waals surface area contributed by atoms with Crippen molar-refractivity contribution in [2.75, 3.05) is 19.8 Å². The van der Waals surface area contributed by atoms with E-state index >= 15 is 0 Å². The van der Waals surface area contributed by atoms with Gasteiger partial charge in [0.05, 0.1) is 32.0 Å². The predicted molar refractivity (Wildman–Crippen MR) is 314 cm³/mol. The van der Waals surface area contributed by atoms with Crippen LogP contribution in [-0.4, -0.2) is 140 Å². The normalized spacial score (nSPS) is 24.9. The van der Waals surface area contributed by atoms with Crippen molar-refractivity contribution in [2.24, 2.45) is 0 Å². The fourth-order valence-electron chi connectivity index (χ4n) is 10.1. The Labute approximate surface area is 473 Å². The number of allylic oxidation sites excluding steroid dienone is 9. The Morgan fingerprint density at radius 3 is 1.37 bits per heavy atom. The average molecular weight is 1110 g/mol. The van der Waals surface area contributed by atoms with Crippen molar-refractivity contribution >= 4 is 5.91 Å². The van der Waals surface area contributed by atoms with Gasteiger partial charge in [0, 0.05) is 6.42 Å². The third kappa shape index (κ3) is 34.2. The van der Waals surface area contributed by atoms with Crippen molar-refractivity contribution in [1.29, 1.82) is 0 Å². The van der Waals surface area contributed by atoms with Gasteiger partial charge in [-0.15, -0.1) is 0 Å². The largest absolute Gasteiger partial charge is 0.394 e. The number of aliphatic hydroxyl groups is 8. The third-order valence-corrected chi connectivity index (χ3v) is 15.2. The Hall–Kier alpha value is -2.31. The van der Waals surface area contributed by atoms with E-state index < -0.39 is 86.8 Å². The van der Waals surface area contributed by atoms with Gasteiger partial charge in [0.25, 0.3) is 0 Å². The van der Waals surface area contributed by atoms with Gasteiger partial charge in [-0.1, -0.05) is 229 Å². The summed E-state index contributed by atoms with van der Waals surface area (Å²) in [6, 6.07) is -0.929. The van der Waals surface area contributed by atoms with Crippen molar-refractivity contribution in [1.82, 2.24) is 5.32 Å². The van der Waals surface area contributed by atoms with Gasteiger partial charge in [-0.05, 0) is 70.6 Å². The number of unbranched alkanes of at least 4 members (excludes halogenated alkanes) is 29. The van der Waals surface area contributed by atoms with Crippen LogP contribution in [0.1, 0.15) is 245 Å². The highest BCUT2D eigenvalue weighted by atomic mass is 16.7. The van der Waals surface area contributed by atoms with Crippen molar-refractivity contribution in [3.8, 4) is 0 Å². The van der Waals surface area contributed by atoms with Crippen LogP contribution in [0.3, 0.4) is 0 Å². The molecule has 1 amide bonds. The molecule has 0 bridgehead atoms. The summed E-state index contributed by atoms with van der Waals surface area (Å²) in [4.78, 5) is 13.2. The van der Waals surface area contributed by atoms with E-state index in [9.17, 15) is 45.6 Å². The van der Waals surface area contributed by atoms with Crippen LogP contribution in [0.5, 0.6) is 0 Å². The number of hydrogen-bond acceptors (Lipinski definition) is 13. The molecule has 2 fully saturated rings. The highest BCUT2D eigenvalue weighted by molar-refractivity contribution is 5.76.